The van der Waals surface area contributed by atoms with Crippen molar-refractivity contribution in [3.63, 3.8) is 0 Å². The zero-order valence-electron chi connectivity index (χ0n) is 17.2. The number of unbranched alkanes of at least 4 members (excludes halogenated alkanes) is 1. The largest absolute Gasteiger partial charge is 0.497 e. The fourth-order valence-corrected chi connectivity index (χ4v) is 2.97. The highest BCUT2D eigenvalue weighted by Gasteiger charge is 2.10. The van der Waals surface area contributed by atoms with E-state index in [-0.39, 0.29) is 23.5 Å². The van der Waals surface area contributed by atoms with Gasteiger partial charge in [0, 0.05) is 5.69 Å². The van der Waals surface area contributed by atoms with Gasteiger partial charge < -0.3 is 19.9 Å². The van der Waals surface area contributed by atoms with E-state index in [4.69, 9.17) is 19.9 Å². The van der Waals surface area contributed by atoms with E-state index < -0.39 is 5.97 Å². The lowest BCUT2D eigenvalue weighted by molar-refractivity contribution is 0.0494. The third kappa shape index (κ3) is 6.30. The molecule has 7 heteroatoms. The monoisotopic (exact) mass is 420 g/mol. The second-order valence-electron chi connectivity index (χ2n) is 6.85. The van der Waals surface area contributed by atoms with Crippen molar-refractivity contribution < 1.29 is 19.0 Å². The van der Waals surface area contributed by atoms with E-state index in [2.05, 4.69) is 5.18 Å². The normalized spacial score (nSPS) is 10.4. The number of benzene rings is 3. The molecule has 0 unspecified atom stereocenters. The van der Waals surface area contributed by atoms with E-state index in [1.54, 1.807) is 7.11 Å². The van der Waals surface area contributed by atoms with Gasteiger partial charge in [0.05, 0.1) is 25.9 Å². The summed E-state index contributed by atoms with van der Waals surface area (Å²) in [6.45, 7) is 0.758. The first-order chi connectivity index (χ1) is 15.1. The van der Waals surface area contributed by atoms with E-state index in [9.17, 15) is 9.70 Å². The SMILES string of the molecule is COc1ccc(-c2ccc(OCCCCOC(=O)c3cc(N)cc(N=O)c3)cc2)cc1. The molecule has 3 aromatic rings. The number of nitrogen functional groups attached to an aromatic ring is 1. The quantitative estimate of drug-likeness (QED) is 0.205. The predicted molar refractivity (Wildman–Crippen MR) is 120 cm³/mol. The molecule has 0 saturated carbocycles. The number of anilines is 1. The highest BCUT2D eigenvalue weighted by Crippen LogP contribution is 2.24. The minimum absolute atomic E-state index is 0.0957. The average molecular weight is 420 g/mol. The number of carbonyl (C=O) groups excluding carboxylic acids is 1. The van der Waals surface area contributed by atoms with Crippen LogP contribution in [-0.4, -0.2) is 26.3 Å². The van der Waals surface area contributed by atoms with E-state index >= 15 is 0 Å². The zero-order valence-corrected chi connectivity index (χ0v) is 17.2. The molecule has 0 aliphatic rings. The Morgan fingerprint density at radius 2 is 1.48 bits per heavy atom. The van der Waals surface area contributed by atoms with Crippen LogP contribution in [0.15, 0.2) is 71.9 Å². The molecule has 160 valence electrons. The molecule has 0 bridgehead atoms. The van der Waals surface area contributed by atoms with Gasteiger partial charge >= 0.3 is 5.97 Å². The van der Waals surface area contributed by atoms with Crippen LogP contribution in [0.4, 0.5) is 11.4 Å². The molecule has 31 heavy (non-hydrogen) atoms. The molecule has 0 radical (unpaired) electrons. The average Bonchev–Trinajstić information content (AvgIpc) is 2.81. The van der Waals surface area contributed by atoms with Gasteiger partial charge in [-0.1, -0.05) is 24.3 Å². The van der Waals surface area contributed by atoms with Crippen LogP contribution < -0.4 is 15.2 Å². The molecule has 2 N–H and O–H groups in total. The summed E-state index contributed by atoms with van der Waals surface area (Å²) < 4.78 is 16.1. The summed E-state index contributed by atoms with van der Waals surface area (Å²) in [7, 11) is 1.65. The first-order valence-corrected chi connectivity index (χ1v) is 9.87. The Morgan fingerprint density at radius 3 is 2.10 bits per heavy atom. The van der Waals surface area contributed by atoms with E-state index in [0.29, 0.717) is 13.0 Å². The number of nitrogens with zero attached hydrogens (tertiary/aromatic N) is 1. The summed E-state index contributed by atoms with van der Waals surface area (Å²) in [5.41, 5.74) is 8.44. The number of nitroso groups, excluding NO2 is 1. The zero-order chi connectivity index (χ0) is 22.1. The molecule has 0 amide bonds. The van der Waals surface area contributed by atoms with Gasteiger partial charge in [0.2, 0.25) is 0 Å². The maximum absolute atomic E-state index is 12.0. The van der Waals surface area contributed by atoms with E-state index in [0.717, 1.165) is 29.0 Å². The van der Waals surface area contributed by atoms with Crippen LogP contribution in [0.3, 0.4) is 0 Å². The summed E-state index contributed by atoms with van der Waals surface area (Å²) in [6.07, 6.45) is 1.38. The number of rotatable bonds is 10. The summed E-state index contributed by atoms with van der Waals surface area (Å²) in [5, 5.41) is 2.79. The molecule has 0 aliphatic carbocycles. The van der Waals surface area contributed by atoms with Crippen LogP contribution in [0, 0.1) is 4.91 Å². The van der Waals surface area contributed by atoms with E-state index in [1.807, 2.05) is 48.5 Å². The number of hydrogen-bond donors (Lipinski definition) is 1. The fraction of sp³-hybridized carbons (Fsp3) is 0.208. The number of carbonyl (C=O) groups is 1. The fourth-order valence-electron chi connectivity index (χ4n) is 2.97. The molecule has 0 saturated heterocycles. The number of ether oxygens (including phenoxy) is 3. The van der Waals surface area contributed by atoms with Gasteiger partial charge in [0.25, 0.3) is 0 Å². The minimum Gasteiger partial charge on any atom is -0.497 e. The van der Waals surface area contributed by atoms with Crippen molar-refractivity contribution in [3.8, 4) is 22.6 Å². The van der Waals surface area contributed by atoms with Crippen LogP contribution in [0.2, 0.25) is 0 Å². The van der Waals surface area contributed by atoms with Crippen LogP contribution in [0.25, 0.3) is 11.1 Å². The third-order valence-electron chi connectivity index (χ3n) is 4.60. The second-order valence-corrected chi connectivity index (χ2v) is 6.85. The van der Waals surface area contributed by atoms with Crippen LogP contribution in [-0.2, 0) is 4.74 Å². The summed E-state index contributed by atoms with van der Waals surface area (Å²) in [4.78, 5) is 22.7. The number of methoxy groups -OCH3 is 1. The van der Waals surface area contributed by atoms with Crippen molar-refractivity contribution in [3.05, 3.63) is 77.2 Å². The van der Waals surface area contributed by atoms with Crippen LogP contribution in [0.5, 0.6) is 11.5 Å². The second kappa shape index (κ2) is 10.8. The topological polar surface area (TPSA) is 100 Å². The number of hydrogen-bond acceptors (Lipinski definition) is 7. The van der Waals surface area contributed by atoms with Crippen molar-refractivity contribution in [2.45, 2.75) is 12.8 Å². The van der Waals surface area contributed by atoms with Crippen molar-refractivity contribution in [2.24, 2.45) is 5.18 Å². The molecular weight excluding hydrogens is 396 g/mol. The Kier molecular flexibility index (Phi) is 7.59. The smallest absolute Gasteiger partial charge is 0.338 e. The molecule has 0 fully saturated rings. The third-order valence-corrected chi connectivity index (χ3v) is 4.60. The number of nitrogens with two attached hydrogens (primary N) is 1. The minimum atomic E-state index is -0.535. The first-order valence-electron chi connectivity index (χ1n) is 9.87. The van der Waals surface area contributed by atoms with Gasteiger partial charge in [-0.05, 0) is 71.6 Å². The lowest BCUT2D eigenvalue weighted by Crippen LogP contribution is -2.08. The van der Waals surface area contributed by atoms with Gasteiger partial charge in [-0.15, -0.1) is 4.91 Å². The molecule has 0 spiro atoms. The lowest BCUT2D eigenvalue weighted by atomic mass is 10.1. The highest BCUT2D eigenvalue weighted by molar-refractivity contribution is 5.91. The molecule has 7 nitrogen and oxygen atoms in total. The molecular formula is C24H24N2O5. The summed E-state index contributed by atoms with van der Waals surface area (Å²) in [6, 6.07) is 19.9. The van der Waals surface area contributed by atoms with Crippen LogP contribution >= 0.6 is 0 Å². The van der Waals surface area contributed by atoms with Crippen molar-refractivity contribution in [1.82, 2.24) is 0 Å². The van der Waals surface area contributed by atoms with Crippen LogP contribution in [0.1, 0.15) is 23.2 Å². The van der Waals surface area contributed by atoms with Gasteiger partial charge in [-0.25, -0.2) is 4.79 Å². The Hall–Kier alpha value is -3.87. The lowest BCUT2D eigenvalue weighted by Gasteiger charge is -2.09. The van der Waals surface area contributed by atoms with Crippen molar-refractivity contribution in [1.29, 1.82) is 0 Å². The van der Waals surface area contributed by atoms with Gasteiger partial charge in [0.15, 0.2) is 0 Å². The Balaban J connectivity index is 1.38. The highest BCUT2D eigenvalue weighted by atomic mass is 16.5. The Labute approximate surface area is 180 Å². The standard InChI is InChI=1S/C24H24N2O5/c1-29-22-8-4-17(5-9-22)18-6-10-23(11-7-18)30-12-2-3-13-31-24(27)19-14-20(25)16-21(15-19)26-28/h4-11,14-16H,2-3,12-13,25H2,1H3. The van der Waals surface area contributed by atoms with Crippen molar-refractivity contribution in [2.75, 3.05) is 26.1 Å². The molecule has 3 aromatic carbocycles. The Morgan fingerprint density at radius 1 is 0.871 bits per heavy atom. The summed E-state index contributed by atoms with van der Waals surface area (Å²) in [5.74, 6) is 1.07. The number of esters is 1. The van der Waals surface area contributed by atoms with Gasteiger partial charge in [-0.3, -0.25) is 0 Å². The molecule has 0 atom stereocenters. The van der Waals surface area contributed by atoms with Crippen molar-refractivity contribution >= 4 is 17.3 Å². The Bertz CT molecular complexity index is 1020. The maximum atomic E-state index is 12.0. The molecule has 0 aromatic heterocycles. The van der Waals surface area contributed by atoms with Gasteiger partial charge in [0.1, 0.15) is 17.2 Å². The first kappa shape index (κ1) is 21.8. The maximum Gasteiger partial charge on any atom is 0.338 e. The molecule has 3 rings (SSSR count). The molecule has 0 heterocycles. The summed E-state index contributed by atoms with van der Waals surface area (Å²) >= 11 is 0. The predicted octanol–water partition coefficient (Wildman–Crippen LogP) is 5.36. The molecule has 0 aliphatic heterocycles. The van der Waals surface area contributed by atoms with E-state index in [1.165, 1.54) is 18.2 Å². The van der Waals surface area contributed by atoms with Gasteiger partial charge in [-0.2, -0.15) is 0 Å².